The zero-order valence-electron chi connectivity index (χ0n) is 22.3. The van der Waals surface area contributed by atoms with Crippen molar-refractivity contribution >= 4 is 23.0 Å². The van der Waals surface area contributed by atoms with Crippen molar-refractivity contribution in [1.29, 1.82) is 0 Å². The van der Waals surface area contributed by atoms with E-state index in [1.807, 2.05) is 0 Å². The van der Waals surface area contributed by atoms with Gasteiger partial charge in [0.1, 0.15) is 12.4 Å². The Kier molecular flexibility index (Phi) is 8.00. The number of fused-ring (bicyclic) bond motifs is 1. The predicted molar refractivity (Wildman–Crippen MR) is 142 cm³/mol. The summed E-state index contributed by atoms with van der Waals surface area (Å²) in [5, 5.41) is 2.83. The van der Waals surface area contributed by atoms with Gasteiger partial charge in [-0.05, 0) is 49.4 Å². The number of nitrogens with zero attached hydrogens (tertiary/aromatic N) is 5. The molecule has 220 valence electrons. The van der Waals surface area contributed by atoms with Crippen LogP contribution in [0.15, 0.2) is 46.3 Å². The van der Waals surface area contributed by atoms with Crippen LogP contribution in [0, 0.1) is 11.6 Å². The van der Waals surface area contributed by atoms with E-state index in [0.717, 1.165) is 11.0 Å². The maximum atomic E-state index is 14.6. The Labute approximate surface area is 232 Å². The summed E-state index contributed by atoms with van der Waals surface area (Å²) in [6.45, 7) is -0.938. The van der Waals surface area contributed by atoms with Gasteiger partial charge in [0, 0.05) is 44.8 Å². The summed E-state index contributed by atoms with van der Waals surface area (Å²) in [6.07, 6.45) is -1.62. The molecule has 2 amide bonds. The van der Waals surface area contributed by atoms with Crippen LogP contribution in [0.5, 0.6) is 0 Å². The first-order valence-electron chi connectivity index (χ1n) is 13.4. The number of piperidine rings is 1. The lowest BCUT2D eigenvalue weighted by Crippen LogP contribution is -2.54. The Hall–Kier alpha value is -3.97. The van der Waals surface area contributed by atoms with E-state index < -0.39 is 42.3 Å². The van der Waals surface area contributed by atoms with E-state index in [0.29, 0.717) is 37.1 Å². The number of amidine groups is 1. The first-order valence-corrected chi connectivity index (χ1v) is 13.4. The molecule has 1 aromatic carbocycles. The highest BCUT2D eigenvalue weighted by molar-refractivity contribution is 5.91. The molecule has 2 unspecified atom stereocenters. The largest absolute Gasteiger partial charge is 0.405 e. The van der Waals surface area contributed by atoms with Crippen molar-refractivity contribution in [3.63, 3.8) is 0 Å². The van der Waals surface area contributed by atoms with Gasteiger partial charge >= 0.3 is 17.9 Å². The fourth-order valence-electron chi connectivity index (χ4n) is 5.94. The van der Waals surface area contributed by atoms with Gasteiger partial charge in [-0.1, -0.05) is 12.1 Å². The summed E-state index contributed by atoms with van der Waals surface area (Å²) in [7, 11) is 1.35. The van der Waals surface area contributed by atoms with Gasteiger partial charge in [0.25, 0.3) is 0 Å². The Morgan fingerprint density at radius 3 is 2.59 bits per heavy atom. The van der Waals surface area contributed by atoms with Gasteiger partial charge in [0.15, 0.2) is 17.3 Å². The number of pyridine rings is 1. The number of aromatic amines is 1. The molecule has 2 fully saturated rings. The average molecular weight is 580 g/mol. The first kappa shape index (κ1) is 28.6. The number of nitrogens with one attached hydrogen (secondary N) is 2. The Morgan fingerprint density at radius 1 is 1.12 bits per heavy atom. The molecule has 0 spiro atoms. The molecule has 5 rings (SSSR count). The van der Waals surface area contributed by atoms with Crippen molar-refractivity contribution in [2.24, 2.45) is 4.99 Å². The third kappa shape index (κ3) is 6.05. The fraction of sp³-hybridized carbons (Fsp3) is 0.481. The van der Waals surface area contributed by atoms with Gasteiger partial charge in [0.05, 0.1) is 11.6 Å². The summed E-state index contributed by atoms with van der Waals surface area (Å²) in [5.74, 6) is -2.87. The van der Waals surface area contributed by atoms with Crippen molar-refractivity contribution in [3.8, 4) is 0 Å². The van der Waals surface area contributed by atoms with Crippen molar-refractivity contribution in [3.05, 3.63) is 64.2 Å². The molecule has 2 atom stereocenters. The fourth-order valence-corrected chi connectivity index (χ4v) is 5.94. The SMILES string of the molecule is CN=C1C(NC(=O)N2CCC(n3c(=O)[nH]c4ncccc43)CC2)CCC(c2cccc(F)c2F)CN1CC(F)(F)F. The second-order valence-electron chi connectivity index (χ2n) is 10.4. The van der Waals surface area contributed by atoms with Crippen molar-refractivity contribution in [1.82, 2.24) is 29.7 Å². The molecular weight excluding hydrogens is 549 g/mol. The van der Waals surface area contributed by atoms with E-state index in [9.17, 15) is 31.5 Å². The van der Waals surface area contributed by atoms with Crippen LogP contribution < -0.4 is 11.0 Å². The van der Waals surface area contributed by atoms with Crippen LogP contribution in [0.25, 0.3) is 11.2 Å². The van der Waals surface area contributed by atoms with Crippen LogP contribution in [-0.4, -0.2) is 81.6 Å². The van der Waals surface area contributed by atoms with E-state index in [2.05, 4.69) is 20.3 Å². The second-order valence-corrected chi connectivity index (χ2v) is 10.4. The number of H-pyrrole nitrogens is 1. The summed E-state index contributed by atoms with van der Waals surface area (Å²) in [5.41, 5.74) is 0.872. The zero-order chi connectivity index (χ0) is 29.3. The van der Waals surface area contributed by atoms with Gasteiger partial charge in [0.2, 0.25) is 0 Å². The first-order chi connectivity index (χ1) is 19.6. The van der Waals surface area contributed by atoms with E-state index in [1.54, 1.807) is 27.8 Å². The maximum Gasteiger partial charge on any atom is 0.405 e. The van der Waals surface area contributed by atoms with Crippen LogP contribution >= 0.6 is 0 Å². The number of aromatic nitrogens is 3. The number of amides is 2. The molecular formula is C27H30F5N7O2. The summed E-state index contributed by atoms with van der Waals surface area (Å²) < 4.78 is 70.9. The van der Waals surface area contributed by atoms with Crippen LogP contribution in [-0.2, 0) is 0 Å². The number of benzene rings is 1. The normalized spacial score (nSPS) is 21.9. The minimum atomic E-state index is -4.59. The number of halogens is 5. The Morgan fingerprint density at radius 2 is 1.88 bits per heavy atom. The third-order valence-corrected chi connectivity index (χ3v) is 7.81. The zero-order valence-corrected chi connectivity index (χ0v) is 22.3. The number of rotatable bonds is 4. The number of hydrogen-bond acceptors (Lipinski definition) is 4. The highest BCUT2D eigenvalue weighted by atomic mass is 19.4. The third-order valence-electron chi connectivity index (χ3n) is 7.81. The molecule has 2 aliphatic rings. The van der Waals surface area contributed by atoms with Gasteiger partial charge < -0.3 is 15.1 Å². The molecule has 2 saturated heterocycles. The maximum absolute atomic E-state index is 14.6. The quantitative estimate of drug-likeness (QED) is 0.453. The van der Waals surface area contributed by atoms with Crippen LogP contribution in [0.2, 0.25) is 0 Å². The average Bonchev–Trinajstić information content (AvgIpc) is 3.17. The number of imidazole rings is 1. The number of alkyl halides is 3. The highest BCUT2D eigenvalue weighted by Gasteiger charge is 2.39. The Bertz CT molecular complexity index is 1490. The Balaban J connectivity index is 1.31. The number of likely N-dealkylation sites (tertiary alicyclic amines) is 2. The van der Waals surface area contributed by atoms with Gasteiger partial charge in [-0.15, -0.1) is 0 Å². The van der Waals surface area contributed by atoms with Crippen LogP contribution in [0.4, 0.5) is 26.7 Å². The monoisotopic (exact) mass is 579 g/mol. The van der Waals surface area contributed by atoms with Gasteiger partial charge in [-0.2, -0.15) is 13.2 Å². The van der Waals surface area contributed by atoms with E-state index in [1.165, 1.54) is 19.2 Å². The smallest absolute Gasteiger partial charge is 0.349 e. The number of carbonyl (C=O) groups excluding carboxylic acids is 1. The molecule has 41 heavy (non-hydrogen) atoms. The van der Waals surface area contributed by atoms with Crippen molar-refractivity contribution in [2.45, 2.75) is 49.9 Å². The van der Waals surface area contributed by atoms with Crippen molar-refractivity contribution < 1.29 is 26.7 Å². The molecule has 0 saturated carbocycles. The number of urea groups is 1. The van der Waals surface area contributed by atoms with E-state index in [-0.39, 0.29) is 42.5 Å². The molecule has 14 heteroatoms. The molecule has 3 aromatic rings. The topological polar surface area (TPSA) is 98.6 Å². The summed E-state index contributed by atoms with van der Waals surface area (Å²) in [4.78, 5) is 39.4. The number of aliphatic imine (C=N–C) groups is 1. The number of carbonyl (C=O) groups is 1. The van der Waals surface area contributed by atoms with E-state index >= 15 is 0 Å². The standard InChI is InChI=1S/C27H30F5N7O2/c1-33-24-20(8-7-16(14-38(24)15-27(30,31)32)18-4-2-5-19(28)22(18)29)35-25(40)37-12-9-17(10-13-37)39-21-6-3-11-34-23(21)36-26(39)41/h2-6,11,16-17,20H,7-10,12-15H2,1H3,(H,35,40)(H,34,36,41). The molecule has 2 N–H and O–H groups in total. The molecule has 2 aromatic heterocycles. The molecule has 9 nitrogen and oxygen atoms in total. The minimum absolute atomic E-state index is 0.00982. The van der Waals surface area contributed by atoms with E-state index in [4.69, 9.17) is 0 Å². The van der Waals surface area contributed by atoms with Crippen molar-refractivity contribution in [2.75, 3.05) is 33.2 Å². The molecule has 0 aliphatic carbocycles. The minimum Gasteiger partial charge on any atom is -0.349 e. The highest BCUT2D eigenvalue weighted by Crippen LogP contribution is 2.32. The lowest BCUT2D eigenvalue weighted by molar-refractivity contribution is -0.138. The predicted octanol–water partition coefficient (Wildman–Crippen LogP) is 4.19. The summed E-state index contributed by atoms with van der Waals surface area (Å²) in [6, 6.07) is 5.71. The molecule has 0 bridgehead atoms. The summed E-state index contributed by atoms with van der Waals surface area (Å²) >= 11 is 0. The van der Waals surface area contributed by atoms with Gasteiger partial charge in [-0.25, -0.2) is 23.4 Å². The molecule has 2 aliphatic heterocycles. The second kappa shape index (κ2) is 11.5. The van der Waals surface area contributed by atoms with Crippen LogP contribution in [0.3, 0.4) is 0 Å². The lowest BCUT2D eigenvalue weighted by atomic mass is 9.93. The lowest BCUT2D eigenvalue weighted by Gasteiger charge is -2.35. The molecule has 0 radical (unpaired) electrons. The van der Waals surface area contributed by atoms with Gasteiger partial charge in [-0.3, -0.25) is 14.5 Å². The molecule has 4 heterocycles. The van der Waals surface area contributed by atoms with Crippen LogP contribution in [0.1, 0.15) is 43.2 Å². The number of hydrogen-bond donors (Lipinski definition) is 2.